The molecule has 2 aliphatic rings. The molecule has 1 aliphatic carbocycles. The van der Waals surface area contributed by atoms with E-state index in [1.807, 2.05) is 19.1 Å². The molecule has 1 amide bonds. The first-order chi connectivity index (χ1) is 14.2. The number of amides is 1. The van der Waals surface area contributed by atoms with E-state index in [0.29, 0.717) is 12.6 Å². The van der Waals surface area contributed by atoms with Gasteiger partial charge in [0.1, 0.15) is 5.76 Å². The number of aliphatic imine (C=N–C) groups is 1. The van der Waals surface area contributed by atoms with Gasteiger partial charge < -0.3 is 24.7 Å². The van der Waals surface area contributed by atoms with Crippen LogP contribution in [0.3, 0.4) is 0 Å². The van der Waals surface area contributed by atoms with Gasteiger partial charge in [0.15, 0.2) is 5.96 Å². The van der Waals surface area contributed by atoms with Crippen LogP contribution in [0.5, 0.6) is 0 Å². The van der Waals surface area contributed by atoms with Crippen molar-refractivity contribution in [2.24, 2.45) is 4.99 Å². The molecule has 0 unspecified atom stereocenters. The van der Waals surface area contributed by atoms with Crippen LogP contribution in [0.4, 0.5) is 0 Å². The number of hydrogen-bond acceptors (Lipinski definition) is 5. The Morgan fingerprint density at radius 1 is 1.30 bits per heavy atom. The highest BCUT2D eigenvalue weighted by atomic mass is 127. The first-order valence-electron chi connectivity index (χ1n) is 10.9. The van der Waals surface area contributed by atoms with E-state index in [1.165, 1.54) is 0 Å². The maximum Gasteiger partial charge on any atom is 0.234 e. The van der Waals surface area contributed by atoms with Crippen LogP contribution in [0.1, 0.15) is 31.9 Å². The van der Waals surface area contributed by atoms with Gasteiger partial charge in [0.2, 0.25) is 5.91 Å². The average Bonchev–Trinajstić information content (AvgIpc) is 3.37. The van der Waals surface area contributed by atoms with E-state index in [-0.39, 0.29) is 29.9 Å². The molecule has 30 heavy (non-hydrogen) atoms. The van der Waals surface area contributed by atoms with Gasteiger partial charge in [0.25, 0.3) is 0 Å². The molecule has 0 radical (unpaired) electrons. The molecule has 1 aromatic heterocycles. The third kappa shape index (κ3) is 9.22. The maximum atomic E-state index is 12.0. The molecule has 2 heterocycles. The van der Waals surface area contributed by atoms with Crippen molar-refractivity contribution in [2.75, 3.05) is 59.0 Å². The van der Waals surface area contributed by atoms with Crippen molar-refractivity contribution in [3.63, 3.8) is 0 Å². The molecule has 9 heteroatoms. The molecule has 0 aromatic carbocycles. The van der Waals surface area contributed by atoms with Crippen molar-refractivity contribution < 1.29 is 13.9 Å². The lowest BCUT2D eigenvalue weighted by Gasteiger charge is -2.36. The lowest BCUT2D eigenvalue weighted by Crippen LogP contribution is -2.54. The predicted molar refractivity (Wildman–Crippen MR) is 128 cm³/mol. The van der Waals surface area contributed by atoms with E-state index in [9.17, 15) is 4.79 Å². The number of guanidine groups is 1. The summed E-state index contributed by atoms with van der Waals surface area (Å²) >= 11 is 0. The molecule has 1 saturated heterocycles. The van der Waals surface area contributed by atoms with Crippen LogP contribution < -0.4 is 10.6 Å². The summed E-state index contributed by atoms with van der Waals surface area (Å²) in [6, 6.07) is 4.33. The topological polar surface area (TPSA) is 82.3 Å². The minimum atomic E-state index is 0. The Hall–Kier alpha value is -1.33. The summed E-state index contributed by atoms with van der Waals surface area (Å²) in [7, 11) is 0. The predicted octanol–water partition coefficient (Wildman–Crippen LogP) is 1.71. The second-order valence-corrected chi connectivity index (χ2v) is 7.62. The molecule has 0 spiro atoms. The Bertz CT molecular complexity index is 629. The minimum absolute atomic E-state index is 0. The SMILES string of the molecule is CCOCCCN=C(NCCc1ccco1)N1CCN(CC(=O)NC2CC2)CC1.I. The summed E-state index contributed by atoms with van der Waals surface area (Å²) in [5, 5.41) is 6.56. The molecule has 2 fully saturated rings. The fraction of sp³-hybridized carbons (Fsp3) is 0.714. The molecule has 8 nitrogen and oxygen atoms in total. The molecule has 1 aromatic rings. The Morgan fingerprint density at radius 3 is 2.77 bits per heavy atom. The molecular formula is C21H36IN5O3. The van der Waals surface area contributed by atoms with Crippen molar-refractivity contribution >= 4 is 35.8 Å². The summed E-state index contributed by atoms with van der Waals surface area (Å²) < 4.78 is 10.8. The average molecular weight is 533 g/mol. The highest BCUT2D eigenvalue weighted by molar-refractivity contribution is 14.0. The van der Waals surface area contributed by atoms with Crippen molar-refractivity contribution in [2.45, 2.75) is 38.6 Å². The smallest absolute Gasteiger partial charge is 0.234 e. The maximum absolute atomic E-state index is 12.0. The highest BCUT2D eigenvalue weighted by Gasteiger charge is 2.25. The van der Waals surface area contributed by atoms with Gasteiger partial charge >= 0.3 is 0 Å². The number of nitrogens with one attached hydrogen (secondary N) is 2. The zero-order valence-electron chi connectivity index (χ0n) is 18.0. The number of furan rings is 1. The molecule has 0 bridgehead atoms. The fourth-order valence-corrected chi connectivity index (χ4v) is 3.34. The van der Waals surface area contributed by atoms with Crippen molar-refractivity contribution in [3.05, 3.63) is 24.2 Å². The van der Waals surface area contributed by atoms with Crippen molar-refractivity contribution in [1.29, 1.82) is 0 Å². The zero-order chi connectivity index (χ0) is 20.3. The van der Waals surface area contributed by atoms with Crippen LogP contribution >= 0.6 is 24.0 Å². The first kappa shape index (κ1) is 24.9. The number of nitrogens with zero attached hydrogens (tertiary/aromatic N) is 3. The molecule has 1 saturated carbocycles. The highest BCUT2D eigenvalue weighted by Crippen LogP contribution is 2.18. The van der Waals surface area contributed by atoms with E-state index < -0.39 is 0 Å². The summed E-state index contributed by atoms with van der Waals surface area (Å²) in [5.41, 5.74) is 0. The minimum Gasteiger partial charge on any atom is -0.469 e. The zero-order valence-corrected chi connectivity index (χ0v) is 20.3. The largest absolute Gasteiger partial charge is 0.469 e. The van der Waals surface area contributed by atoms with E-state index in [1.54, 1.807) is 6.26 Å². The second-order valence-electron chi connectivity index (χ2n) is 7.62. The summed E-state index contributed by atoms with van der Waals surface area (Å²) in [4.78, 5) is 21.3. The summed E-state index contributed by atoms with van der Waals surface area (Å²) in [5.74, 6) is 2.07. The fourth-order valence-electron chi connectivity index (χ4n) is 3.34. The molecular weight excluding hydrogens is 497 g/mol. The van der Waals surface area contributed by atoms with Crippen LogP contribution in [0.2, 0.25) is 0 Å². The molecule has 0 atom stereocenters. The van der Waals surface area contributed by atoms with Gasteiger partial charge in [0, 0.05) is 64.9 Å². The quantitative estimate of drug-likeness (QED) is 0.195. The van der Waals surface area contributed by atoms with Crippen LogP contribution in [0.25, 0.3) is 0 Å². The van der Waals surface area contributed by atoms with Crippen LogP contribution in [-0.2, 0) is 16.0 Å². The van der Waals surface area contributed by atoms with Gasteiger partial charge in [-0.2, -0.15) is 0 Å². The monoisotopic (exact) mass is 533 g/mol. The third-order valence-corrected chi connectivity index (χ3v) is 5.13. The van der Waals surface area contributed by atoms with Gasteiger partial charge in [0.05, 0.1) is 12.8 Å². The van der Waals surface area contributed by atoms with Crippen LogP contribution in [0, 0.1) is 0 Å². The van der Waals surface area contributed by atoms with E-state index >= 15 is 0 Å². The number of carbonyl (C=O) groups is 1. The van der Waals surface area contributed by atoms with Gasteiger partial charge in [-0.25, -0.2) is 0 Å². The van der Waals surface area contributed by atoms with Crippen molar-refractivity contribution in [3.8, 4) is 0 Å². The molecule has 1 aliphatic heterocycles. The summed E-state index contributed by atoms with van der Waals surface area (Å²) in [6.07, 6.45) is 5.71. The number of carbonyl (C=O) groups excluding carboxylic acids is 1. The lowest BCUT2D eigenvalue weighted by molar-refractivity contribution is -0.122. The summed E-state index contributed by atoms with van der Waals surface area (Å²) in [6.45, 7) is 8.99. The van der Waals surface area contributed by atoms with E-state index in [2.05, 4.69) is 20.4 Å². The molecule has 2 N–H and O–H groups in total. The Balaban J connectivity index is 0.00000320. The molecule has 3 rings (SSSR count). The number of hydrogen-bond donors (Lipinski definition) is 2. The first-order valence-corrected chi connectivity index (χ1v) is 10.9. The van der Waals surface area contributed by atoms with Gasteiger partial charge in [-0.1, -0.05) is 0 Å². The van der Waals surface area contributed by atoms with Crippen LogP contribution in [-0.4, -0.2) is 86.7 Å². The Morgan fingerprint density at radius 2 is 2.10 bits per heavy atom. The Labute approximate surface area is 196 Å². The second kappa shape index (κ2) is 13.9. The Kier molecular flexibility index (Phi) is 11.5. The van der Waals surface area contributed by atoms with E-state index in [0.717, 1.165) is 89.9 Å². The number of ether oxygens (including phenoxy) is 1. The van der Waals surface area contributed by atoms with Gasteiger partial charge in [-0.15, -0.1) is 24.0 Å². The lowest BCUT2D eigenvalue weighted by atomic mass is 10.3. The number of piperazine rings is 1. The van der Waals surface area contributed by atoms with E-state index in [4.69, 9.17) is 14.1 Å². The van der Waals surface area contributed by atoms with Crippen molar-refractivity contribution in [1.82, 2.24) is 20.4 Å². The van der Waals surface area contributed by atoms with Crippen LogP contribution in [0.15, 0.2) is 27.8 Å². The number of rotatable bonds is 11. The third-order valence-electron chi connectivity index (χ3n) is 5.13. The van der Waals surface area contributed by atoms with Gasteiger partial charge in [-0.05, 0) is 38.3 Å². The number of halogens is 1. The molecule has 170 valence electrons. The standard InChI is InChI=1S/C21H35N5O3.HI/c1-2-28-15-4-9-22-21(23-10-8-19-5-3-16-29-19)26-13-11-25(12-14-26)17-20(27)24-18-6-7-18;/h3,5,16,18H,2,4,6-15,17H2,1H3,(H,22,23)(H,24,27);1H. The van der Waals surface area contributed by atoms with Gasteiger partial charge in [-0.3, -0.25) is 14.7 Å². The normalized spacial score (nSPS) is 17.5.